The molecule has 0 spiro atoms. The summed E-state index contributed by atoms with van der Waals surface area (Å²) >= 11 is 0. The van der Waals surface area contributed by atoms with Crippen molar-refractivity contribution < 1.29 is 9.47 Å². The molecule has 1 aliphatic heterocycles. The van der Waals surface area contributed by atoms with Gasteiger partial charge in [0.15, 0.2) is 11.5 Å². The van der Waals surface area contributed by atoms with Gasteiger partial charge in [0, 0.05) is 11.6 Å². The lowest BCUT2D eigenvalue weighted by molar-refractivity contribution is 0.306. The summed E-state index contributed by atoms with van der Waals surface area (Å²) in [6.45, 7) is 2.09. The Morgan fingerprint density at radius 3 is 2.47 bits per heavy atom. The number of methoxy groups -OCH3 is 2. The molecule has 1 saturated heterocycles. The van der Waals surface area contributed by atoms with Gasteiger partial charge in [-0.05, 0) is 37.9 Å². The van der Waals surface area contributed by atoms with Crippen LogP contribution in [0, 0.1) is 5.92 Å². The lowest BCUT2D eigenvalue weighted by atomic mass is 9.86. The number of hydrogen-bond acceptors (Lipinski definition) is 4. The van der Waals surface area contributed by atoms with Crippen LogP contribution in [0.2, 0.25) is 0 Å². The molecule has 1 heterocycles. The number of benzene rings is 1. The molecule has 0 aromatic heterocycles. The molecule has 5 heteroatoms. The van der Waals surface area contributed by atoms with Crippen LogP contribution in [0.4, 0.5) is 0 Å². The van der Waals surface area contributed by atoms with Crippen LogP contribution in [-0.4, -0.2) is 27.3 Å². The van der Waals surface area contributed by atoms with Crippen molar-refractivity contribution in [3.8, 4) is 11.5 Å². The molecule has 1 aromatic carbocycles. The second-order valence-electron chi connectivity index (χ2n) is 4.70. The Labute approximate surface area is 121 Å². The normalized spacial score (nSPS) is 17.4. The first-order valence-electron chi connectivity index (χ1n) is 6.45. The second kappa shape index (κ2) is 7.58. The van der Waals surface area contributed by atoms with Gasteiger partial charge in [0.2, 0.25) is 0 Å². The van der Waals surface area contributed by atoms with Gasteiger partial charge in [-0.3, -0.25) is 0 Å². The molecule has 0 unspecified atom stereocenters. The molecule has 3 N–H and O–H groups in total. The number of para-hydroxylation sites is 1. The summed E-state index contributed by atoms with van der Waals surface area (Å²) in [7, 11) is 3.31. The smallest absolute Gasteiger partial charge is 0.165 e. The van der Waals surface area contributed by atoms with Crippen LogP contribution in [0.3, 0.4) is 0 Å². The number of hydrogen-bond donors (Lipinski definition) is 2. The highest BCUT2D eigenvalue weighted by atomic mass is 35.5. The first-order valence-corrected chi connectivity index (χ1v) is 6.45. The average molecular weight is 287 g/mol. The van der Waals surface area contributed by atoms with Crippen LogP contribution >= 0.6 is 12.4 Å². The van der Waals surface area contributed by atoms with Gasteiger partial charge >= 0.3 is 0 Å². The van der Waals surface area contributed by atoms with Crippen LogP contribution in [0.5, 0.6) is 11.5 Å². The molecule has 0 amide bonds. The Balaban J connectivity index is 0.00000180. The number of nitrogens with one attached hydrogen (secondary N) is 1. The largest absolute Gasteiger partial charge is 0.493 e. The molecule has 1 fully saturated rings. The molecule has 0 radical (unpaired) electrons. The number of ether oxygens (including phenoxy) is 2. The molecule has 0 aliphatic carbocycles. The SMILES string of the molecule is COc1cccc([C@H](N)C2CCNCC2)c1OC.Cl. The summed E-state index contributed by atoms with van der Waals surface area (Å²) < 4.78 is 10.8. The fourth-order valence-electron chi connectivity index (χ4n) is 2.63. The van der Waals surface area contributed by atoms with E-state index in [0.29, 0.717) is 5.92 Å². The summed E-state index contributed by atoms with van der Waals surface area (Å²) in [6, 6.07) is 5.92. The standard InChI is InChI=1S/C14H22N2O2.ClH/c1-17-12-5-3-4-11(14(12)18-2)13(15)10-6-8-16-9-7-10;/h3-5,10,13,16H,6-9,15H2,1-2H3;1H/t13-;/m1./s1. The van der Waals surface area contributed by atoms with E-state index in [9.17, 15) is 0 Å². The lowest BCUT2D eigenvalue weighted by Gasteiger charge is -2.29. The minimum Gasteiger partial charge on any atom is -0.493 e. The van der Waals surface area contributed by atoms with E-state index < -0.39 is 0 Å². The van der Waals surface area contributed by atoms with Crippen molar-refractivity contribution in [2.75, 3.05) is 27.3 Å². The highest BCUT2D eigenvalue weighted by Crippen LogP contribution is 2.38. The van der Waals surface area contributed by atoms with Crippen LogP contribution in [0.25, 0.3) is 0 Å². The number of rotatable bonds is 4. The zero-order chi connectivity index (χ0) is 13.0. The predicted molar refractivity (Wildman–Crippen MR) is 79.3 cm³/mol. The topological polar surface area (TPSA) is 56.5 Å². The predicted octanol–water partition coefficient (Wildman–Crippen LogP) is 2.13. The van der Waals surface area contributed by atoms with E-state index >= 15 is 0 Å². The summed E-state index contributed by atoms with van der Waals surface area (Å²) in [5, 5.41) is 3.36. The summed E-state index contributed by atoms with van der Waals surface area (Å²) in [6.07, 6.45) is 2.23. The zero-order valence-electron chi connectivity index (χ0n) is 11.5. The van der Waals surface area contributed by atoms with E-state index in [4.69, 9.17) is 15.2 Å². The van der Waals surface area contributed by atoms with Crippen LogP contribution in [-0.2, 0) is 0 Å². The Bertz CT molecular complexity index is 395. The second-order valence-corrected chi connectivity index (χ2v) is 4.70. The van der Waals surface area contributed by atoms with Gasteiger partial charge in [-0.15, -0.1) is 12.4 Å². The van der Waals surface area contributed by atoms with Gasteiger partial charge in [0.25, 0.3) is 0 Å². The molecule has 0 saturated carbocycles. The number of piperidine rings is 1. The fraction of sp³-hybridized carbons (Fsp3) is 0.571. The van der Waals surface area contributed by atoms with Crippen molar-refractivity contribution in [3.05, 3.63) is 23.8 Å². The fourth-order valence-corrected chi connectivity index (χ4v) is 2.63. The van der Waals surface area contributed by atoms with Gasteiger partial charge < -0.3 is 20.5 Å². The Morgan fingerprint density at radius 1 is 1.21 bits per heavy atom. The minimum atomic E-state index is 0. The first kappa shape index (κ1) is 16.1. The highest BCUT2D eigenvalue weighted by molar-refractivity contribution is 5.85. The van der Waals surface area contributed by atoms with Gasteiger partial charge in [0.05, 0.1) is 14.2 Å². The molecular formula is C14H23ClN2O2. The van der Waals surface area contributed by atoms with Crippen molar-refractivity contribution in [2.45, 2.75) is 18.9 Å². The monoisotopic (exact) mass is 286 g/mol. The van der Waals surface area contributed by atoms with E-state index in [0.717, 1.165) is 43.0 Å². The van der Waals surface area contributed by atoms with Crippen molar-refractivity contribution >= 4 is 12.4 Å². The van der Waals surface area contributed by atoms with Gasteiger partial charge in [0.1, 0.15) is 0 Å². The van der Waals surface area contributed by atoms with Gasteiger partial charge in [-0.2, -0.15) is 0 Å². The molecule has 4 nitrogen and oxygen atoms in total. The number of nitrogens with two attached hydrogens (primary N) is 1. The average Bonchev–Trinajstić information content (AvgIpc) is 2.46. The zero-order valence-corrected chi connectivity index (χ0v) is 12.3. The van der Waals surface area contributed by atoms with Crippen molar-refractivity contribution in [3.63, 3.8) is 0 Å². The maximum absolute atomic E-state index is 6.41. The van der Waals surface area contributed by atoms with E-state index in [1.165, 1.54) is 0 Å². The molecule has 1 atom stereocenters. The van der Waals surface area contributed by atoms with Crippen LogP contribution in [0.1, 0.15) is 24.4 Å². The Hall–Kier alpha value is -0.970. The maximum Gasteiger partial charge on any atom is 0.165 e. The molecule has 19 heavy (non-hydrogen) atoms. The van der Waals surface area contributed by atoms with Gasteiger partial charge in [-0.1, -0.05) is 12.1 Å². The third-order valence-electron chi connectivity index (χ3n) is 3.68. The summed E-state index contributed by atoms with van der Waals surface area (Å²) in [4.78, 5) is 0. The minimum absolute atomic E-state index is 0. The molecule has 108 valence electrons. The Kier molecular flexibility index (Phi) is 6.42. The van der Waals surface area contributed by atoms with Gasteiger partial charge in [-0.25, -0.2) is 0 Å². The van der Waals surface area contributed by atoms with Crippen molar-refractivity contribution in [1.29, 1.82) is 0 Å². The third kappa shape index (κ3) is 3.53. The number of halogens is 1. The quantitative estimate of drug-likeness (QED) is 0.890. The van der Waals surface area contributed by atoms with Crippen LogP contribution < -0.4 is 20.5 Å². The molecule has 1 aromatic rings. The molecule has 2 rings (SSSR count). The van der Waals surface area contributed by atoms with Crippen molar-refractivity contribution in [2.24, 2.45) is 11.7 Å². The van der Waals surface area contributed by atoms with Crippen molar-refractivity contribution in [1.82, 2.24) is 5.32 Å². The van der Waals surface area contributed by atoms with E-state index in [1.54, 1.807) is 14.2 Å². The lowest BCUT2D eigenvalue weighted by Crippen LogP contribution is -2.33. The van der Waals surface area contributed by atoms with E-state index in [-0.39, 0.29) is 18.4 Å². The molecule has 1 aliphatic rings. The summed E-state index contributed by atoms with van der Waals surface area (Å²) in [5.74, 6) is 2.03. The van der Waals surface area contributed by atoms with Crippen LogP contribution in [0.15, 0.2) is 18.2 Å². The summed E-state index contributed by atoms with van der Waals surface area (Å²) in [5.41, 5.74) is 7.45. The maximum atomic E-state index is 6.41. The third-order valence-corrected chi connectivity index (χ3v) is 3.68. The molecule has 0 bridgehead atoms. The van der Waals surface area contributed by atoms with E-state index in [1.807, 2.05) is 18.2 Å². The first-order chi connectivity index (χ1) is 8.77. The van der Waals surface area contributed by atoms with E-state index in [2.05, 4.69) is 5.32 Å². The highest BCUT2D eigenvalue weighted by Gasteiger charge is 2.25. The Morgan fingerprint density at radius 2 is 1.89 bits per heavy atom. The molecular weight excluding hydrogens is 264 g/mol.